The number of aromatic amines is 1. The van der Waals surface area contributed by atoms with Gasteiger partial charge in [0, 0.05) is 18.7 Å². The number of aliphatic hydroxyl groups excluding tert-OH is 1. The van der Waals surface area contributed by atoms with E-state index in [1.54, 1.807) is 0 Å². The second kappa shape index (κ2) is 10.2. The monoisotopic (exact) mass is 441 g/mol. The van der Waals surface area contributed by atoms with Crippen LogP contribution >= 0.6 is 0 Å². The molecule has 3 aromatic rings. The van der Waals surface area contributed by atoms with E-state index in [1.807, 2.05) is 0 Å². The molecule has 0 aliphatic heterocycles. The van der Waals surface area contributed by atoms with E-state index >= 15 is 0 Å². The van der Waals surface area contributed by atoms with E-state index in [0.717, 1.165) is 31.7 Å². The van der Waals surface area contributed by atoms with Crippen molar-refractivity contribution in [3.8, 4) is 0 Å². The van der Waals surface area contributed by atoms with Gasteiger partial charge in [-0.15, -0.1) is 5.10 Å². The number of hydrogen-bond acceptors (Lipinski definition) is 5. The van der Waals surface area contributed by atoms with Crippen LogP contribution in [0.15, 0.2) is 42.6 Å². The molecule has 3 unspecified atom stereocenters. The van der Waals surface area contributed by atoms with Crippen molar-refractivity contribution in [2.45, 2.75) is 57.2 Å². The van der Waals surface area contributed by atoms with Gasteiger partial charge in [-0.25, -0.2) is 8.78 Å². The van der Waals surface area contributed by atoms with E-state index in [-0.39, 0.29) is 12.5 Å². The average Bonchev–Trinajstić information content (AvgIpc) is 3.29. The SMILES string of the molecule is CCc1ccc2c(c1)C(NCC(O)C(Cc1cc(F)cc(F)c1)Nc1cn[nH]n1)CCC2. The molecule has 0 saturated heterocycles. The Hall–Kier alpha value is -2.84. The lowest BCUT2D eigenvalue weighted by Crippen LogP contribution is -2.43. The second-order valence-electron chi connectivity index (χ2n) is 8.40. The van der Waals surface area contributed by atoms with Gasteiger partial charge in [-0.2, -0.15) is 10.3 Å². The van der Waals surface area contributed by atoms with E-state index in [4.69, 9.17) is 0 Å². The van der Waals surface area contributed by atoms with Crippen LogP contribution in [0.4, 0.5) is 14.6 Å². The Bertz CT molecular complexity index is 1010. The molecule has 0 radical (unpaired) electrons. The van der Waals surface area contributed by atoms with Crippen molar-refractivity contribution < 1.29 is 13.9 Å². The number of hydrogen-bond donors (Lipinski definition) is 4. The Morgan fingerprint density at radius 1 is 1.16 bits per heavy atom. The van der Waals surface area contributed by atoms with E-state index < -0.39 is 23.8 Å². The molecule has 1 heterocycles. The van der Waals surface area contributed by atoms with Gasteiger partial charge in [0.2, 0.25) is 0 Å². The molecule has 0 fully saturated rings. The first-order chi connectivity index (χ1) is 15.5. The van der Waals surface area contributed by atoms with E-state index in [1.165, 1.54) is 35.0 Å². The molecule has 0 spiro atoms. The Balaban J connectivity index is 1.47. The molecular formula is C24H29F2N5O. The van der Waals surface area contributed by atoms with Crippen LogP contribution in [0.2, 0.25) is 0 Å². The zero-order chi connectivity index (χ0) is 22.5. The molecule has 3 atom stereocenters. The lowest BCUT2D eigenvalue weighted by molar-refractivity contribution is 0.143. The standard InChI is InChI=1S/C24H29F2N5O/c1-2-15-6-7-17-4-3-5-21(20(17)10-15)27-13-23(32)22(29-24-14-28-31-30-24)11-16-8-18(25)12-19(26)9-16/h6-10,12,14,21-23,27,32H,2-5,11,13H2,1H3,(H2,28,29,30,31). The molecule has 4 rings (SSSR count). The van der Waals surface area contributed by atoms with Crippen molar-refractivity contribution >= 4 is 5.82 Å². The van der Waals surface area contributed by atoms with Crippen LogP contribution in [-0.4, -0.2) is 39.2 Å². The van der Waals surface area contributed by atoms with Crippen LogP contribution in [-0.2, 0) is 19.3 Å². The minimum Gasteiger partial charge on any atom is -0.390 e. The summed E-state index contributed by atoms with van der Waals surface area (Å²) in [5.74, 6) is -0.821. The van der Waals surface area contributed by atoms with Crippen molar-refractivity contribution in [2.24, 2.45) is 0 Å². The number of halogens is 2. The van der Waals surface area contributed by atoms with Gasteiger partial charge in [0.05, 0.1) is 18.3 Å². The zero-order valence-electron chi connectivity index (χ0n) is 18.1. The Morgan fingerprint density at radius 2 is 1.97 bits per heavy atom. The number of benzene rings is 2. The van der Waals surface area contributed by atoms with E-state index in [9.17, 15) is 13.9 Å². The van der Waals surface area contributed by atoms with Gasteiger partial charge in [-0.3, -0.25) is 0 Å². The highest BCUT2D eigenvalue weighted by Crippen LogP contribution is 2.30. The molecular weight excluding hydrogens is 412 g/mol. The van der Waals surface area contributed by atoms with Crippen molar-refractivity contribution in [1.82, 2.24) is 20.7 Å². The number of nitrogens with one attached hydrogen (secondary N) is 3. The predicted octanol–water partition coefficient (Wildman–Crippen LogP) is 3.70. The number of nitrogens with zero attached hydrogens (tertiary/aromatic N) is 2. The first-order valence-electron chi connectivity index (χ1n) is 11.1. The summed E-state index contributed by atoms with van der Waals surface area (Å²) in [6.07, 6.45) is 5.06. The topological polar surface area (TPSA) is 85.9 Å². The van der Waals surface area contributed by atoms with Gasteiger partial charge in [-0.1, -0.05) is 25.1 Å². The van der Waals surface area contributed by atoms with Gasteiger partial charge in [0.25, 0.3) is 0 Å². The normalized spacial score (nSPS) is 17.6. The minimum absolute atomic E-state index is 0.166. The zero-order valence-corrected chi connectivity index (χ0v) is 18.1. The summed E-state index contributed by atoms with van der Waals surface area (Å²) in [4.78, 5) is 0. The van der Waals surface area contributed by atoms with E-state index in [0.29, 0.717) is 17.9 Å². The largest absolute Gasteiger partial charge is 0.390 e. The summed E-state index contributed by atoms with van der Waals surface area (Å²) in [6, 6.07) is 9.72. The number of aliphatic hydroxyl groups is 1. The van der Waals surface area contributed by atoms with Crippen LogP contribution in [0.1, 0.15) is 48.1 Å². The van der Waals surface area contributed by atoms with Gasteiger partial charge in [0.1, 0.15) is 11.6 Å². The molecule has 0 saturated carbocycles. The van der Waals surface area contributed by atoms with Gasteiger partial charge < -0.3 is 15.7 Å². The fraction of sp³-hybridized carbons (Fsp3) is 0.417. The van der Waals surface area contributed by atoms with Gasteiger partial charge >= 0.3 is 0 Å². The molecule has 1 aliphatic rings. The molecule has 4 N–H and O–H groups in total. The first kappa shape index (κ1) is 22.4. The molecule has 2 aromatic carbocycles. The number of rotatable bonds is 9. The number of aryl methyl sites for hydroxylation is 2. The Kier molecular flexibility index (Phi) is 7.12. The van der Waals surface area contributed by atoms with Crippen molar-refractivity contribution in [1.29, 1.82) is 0 Å². The van der Waals surface area contributed by atoms with Crippen LogP contribution in [0.3, 0.4) is 0 Å². The number of H-pyrrole nitrogens is 1. The fourth-order valence-corrected chi connectivity index (χ4v) is 4.41. The summed E-state index contributed by atoms with van der Waals surface area (Å²) in [5, 5.41) is 27.9. The lowest BCUT2D eigenvalue weighted by Gasteiger charge is -2.30. The highest BCUT2D eigenvalue weighted by atomic mass is 19.1. The minimum atomic E-state index is -0.822. The Morgan fingerprint density at radius 3 is 2.69 bits per heavy atom. The molecule has 1 aliphatic carbocycles. The summed E-state index contributed by atoms with van der Waals surface area (Å²) >= 11 is 0. The maximum absolute atomic E-state index is 13.7. The van der Waals surface area contributed by atoms with Crippen molar-refractivity contribution in [3.63, 3.8) is 0 Å². The number of aromatic nitrogens is 3. The van der Waals surface area contributed by atoms with Crippen LogP contribution in [0.5, 0.6) is 0 Å². The van der Waals surface area contributed by atoms with Crippen LogP contribution in [0.25, 0.3) is 0 Å². The molecule has 0 bridgehead atoms. The van der Waals surface area contributed by atoms with Crippen molar-refractivity contribution in [3.05, 3.63) is 76.5 Å². The van der Waals surface area contributed by atoms with Crippen molar-refractivity contribution in [2.75, 3.05) is 11.9 Å². The molecule has 32 heavy (non-hydrogen) atoms. The predicted molar refractivity (Wildman–Crippen MR) is 119 cm³/mol. The average molecular weight is 442 g/mol. The van der Waals surface area contributed by atoms with Gasteiger partial charge in [-0.05, 0) is 66.5 Å². The maximum Gasteiger partial charge on any atom is 0.168 e. The third-order valence-electron chi connectivity index (χ3n) is 6.10. The second-order valence-corrected chi connectivity index (χ2v) is 8.40. The summed E-state index contributed by atoms with van der Waals surface area (Å²) < 4.78 is 27.4. The number of anilines is 1. The molecule has 6 nitrogen and oxygen atoms in total. The van der Waals surface area contributed by atoms with Gasteiger partial charge in [0.15, 0.2) is 5.82 Å². The molecule has 8 heteroatoms. The summed E-state index contributed by atoms with van der Waals surface area (Å²) in [6.45, 7) is 2.47. The molecule has 1 aromatic heterocycles. The van der Waals surface area contributed by atoms with Crippen LogP contribution in [0, 0.1) is 11.6 Å². The highest BCUT2D eigenvalue weighted by molar-refractivity contribution is 5.36. The third-order valence-corrected chi connectivity index (χ3v) is 6.10. The smallest absolute Gasteiger partial charge is 0.168 e. The van der Waals surface area contributed by atoms with E-state index in [2.05, 4.69) is 51.2 Å². The summed E-state index contributed by atoms with van der Waals surface area (Å²) in [7, 11) is 0. The van der Waals surface area contributed by atoms with Crippen LogP contribution < -0.4 is 10.6 Å². The molecule has 170 valence electrons. The quantitative estimate of drug-likeness (QED) is 0.407. The lowest BCUT2D eigenvalue weighted by atomic mass is 9.86. The summed E-state index contributed by atoms with van der Waals surface area (Å²) in [5.41, 5.74) is 4.42. The Labute approximate surface area is 186 Å². The number of fused-ring (bicyclic) bond motifs is 1. The molecule has 0 amide bonds. The third kappa shape index (κ3) is 5.49. The highest BCUT2D eigenvalue weighted by Gasteiger charge is 2.25. The first-order valence-corrected chi connectivity index (χ1v) is 11.1. The maximum atomic E-state index is 13.7. The fourth-order valence-electron chi connectivity index (χ4n) is 4.41.